The maximum Gasteiger partial charge on any atom is 0.250 e. The lowest BCUT2D eigenvalue weighted by atomic mass is 10.6. The maximum absolute atomic E-state index is 11.4. The molecular formula is C7H10N2O2S2. The highest BCUT2D eigenvalue weighted by Crippen LogP contribution is 2.20. The molecule has 0 radical (unpaired) electrons. The van der Waals surface area contributed by atoms with E-state index in [1.807, 2.05) is 0 Å². The molecule has 0 saturated carbocycles. The second-order valence-corrected chi connectivity index (χ2v) is 5.24. The standard InChI is InChI=1S/C7H10N2O2S2/c1-2-3-9-13(10,11)7-4-6(8)5-12-7/h2,4-5,9H,1,3,8H2. The van der Waals surface area contributed by atoms with Crippen molar-refractivity contribution >= 4 is 27.0 Å². The van der Waals surface area contributed by atoms with Crippen LogP contribution in [0.3, 0.4) is 0 Å². The van der Waals surface area contributed by atoms with Crippen LogP contribution in [0.4, 0.5) is 5.69 Å². The first-order valence-corrected chi connectivity index (χ1v) is 5.87. The number of thiophene rings is 1. The fraction of sp³-hybridized carbons (Fsp3) is 0.143. The number of hydrogen-bond donors (Lipinski definition) is 2. The van der Waals surface area contributed by atoms with Gasteiger partial charge >= 0.3 is 0 Å². The molecule has 3 N–H and O–H groups in total. The van der Waals surface area contributed by atoms with E-state index < -0.39 is 10.0 Å². The number of hydrogen-bond acceptors (Lipinski definition) is 4. The van der Waals surface area contributed by atoms with Crippen LogP contribution < -0.4 is 10.5 Å². The van der Waals surface area contributed by atoms with Crippen LogP contribution >= 0.6 is 11.3 Å². The first kappa shape index (κ1) is 10.2. The van der Waals surface area contributed by atoms with Crippen molar-refractivity contribution < 1.29 is 8.42 Å². The summed E-state index contributed by atoms with van der Waals surface area (Å²) in [5.74, 6) is 0. The van der Waals surface area contributed by atoms with Crippen LogP contribution in [0.2, 0.25) is 0 Å². The fourth-order valence-corrected chi connectivity index (χ4v) is 2.83. The molecule has 0 amide bonds. The lowest BCUT2D eigenvalue weighted by Crippen LogP contribution is -2.22. The van der Waals surface area contributed by atoms with E-state index in [-0.39, 0.29) is 10.8 Å². The van der Waals surface area contributed by atoms with Gasteiger partial charge in [0.05, 0.1) is 0 Å². The Bertz CT molecular complexity index is 394. The summed E-state index contributed by atoms with van der Waals surface area (Å²) in [5, 5.41) is 1.59. The van der Waals surface area contributed by atoms with E-state index >= 15 is 0 Å². The van der Waals surface area contributed by atoms with Crippen molar-refractivity contribution in [2.24, 2.45) is 0 Å². The van der Waals surface area contributed by atoms with E-state index in [1.165, 1.54) is 12.1 Å². The third-order valence-electron chi connectivity index (χ3n) is 1.28. The number of rotatable bonds is 4. The Balaban J connectivity index is 2.87. The lowest BCUT2D eigenvalue weighted by molar-refractivity contribution is 0.588. The fourth-order valence-electron chi connectivity index (χ4n) is 0.711. The summed E-state index contributed by atoms with van der Waals surface area (Å²) in [4.78, 5) is 0. The average Bonchev–Trinajstić information content (AvgIpc) is 2.49. The van der Waals surface area contributed by atoms with Crippen molar-refractivity contribution in [2.45, 2.75) is 4.21 Å². The smallest absolute Gasteiger partial charge is 0.250 e. The number of nitrogen functional groups attached to an aromatic ring is 1. The van der Waals surface area contributed by atoms with E-state index in [0.29, 0.717) is 5.69 Å². The van der Waals surface area contributed by atoms with Gasteiger partial charge < -0.3 is 5.73 Å². The Morgan fingerprint density at radius 3 is 2.85 bits per heavy atom. The van der Waals surface area contributed by atoms with E-state index in [4.69, 9.17) is 5.73 Å². The molecule has 1 aromatic heterocycles. The van der Waals surface area contributed by atoms with Gasteiger partial charge in [0.15, 0.2) is 0 Å². The van der Waals surface area contributed by atoms with Crippen LogP contribution in [0.25, 0.3) is 0 Å². The topological polar surface area (TPSA) is 72.2 Å². The second-order valence-electron chi connectivity index (χ2n) is 2.34. The van der Waals surface area contributed by atoms with Gasteiger partial charge in [0, 0.05) is 17.6 Å². The molecule has 0 aromatic carbocycles. The van der Waals surface area contributed by atoms with Gasteiger partial charge in [-0.2, -0.15) is 0 Å². The van der Waals surface area contributed by atoms with Gasteiger partial charge in [-0.3, -0.25) is 0 Å². The number of nitrogens with one attached hydrogen (secondary N) is 1. The van der Waals surface area contributed by atoms with Crippen LogP contribution in [-0.2, 0) is 10.0 Å². The van der Waals surface area contributed by atoms with Crippen molar-refractivity contribution in [3.05, 3.63) is 24.1 Å². The predicted octanol–water partition coefficient (Wildman–Crippen LogP) is 0.795. The molecule has 0 spiro atoms. The molecule has 0 aliphatic rings. The Morgan fingerprint density at radius 2 is 2.38 bits per heavy atom. The van der Waals surface area contributed by atoms with Gasteiger partial charge in [0.25, 0.3) is 0 Å². The summed E-state index contributed by atoms with van der Waals surface area (Å²) >= 11 is 1.10. The Morgan fingerprint density at radius 1 is 1.69 bits per heavy atom. The molecule has 0 atom stereocenters. The summed E-state index contributed by atoms with van der Waals surface area (Å²) in [6, 6.07) is 1.43. The monoisotopic (exact) mass is 218 g/mol. The molecule has 0 bridgehead atoms. The second kappa shape index (κ2) is 3.91. The van der Waals surface area contributed by atoms with Gasteiger partial charge in [0.1, 0.15) is 4.21 Å². The summed E-state index contributed by atoms with van der Waals surface area (Å²) in [6.07, 6.45) is 1.48. The minimum Gasteiger partial charge on any atom is -0.398 e. The average molecular weight is 218 g/mol. The molecule has 1 heterocycles. The molecule has 0 aliphatic heterocycles. The van der Waals surface area contributed by atoms with Gasteiger partial charge in [-0.1, -0.05) is 6.08 Å². The minimum absolute atomic E-state index is 0.222. The summed E-state index contributed by atoms with van der Waals surface area (Å²) in [5.41, 5.74) is 5.86. The first-order chi connectivity index (χ1) is 6.06. The Kier molecular flexibility index (Phi) is 3.07. The minimum atomic E-state index is -3.38. The van der Waals surface area contributed by atoms with Gasteiger partial charge in [0.2, 0.25) is 10.0 Å². The van der Waals surface area contributed by atoms with E-state index in [1.54, 1.807) is 5.38 Å². The summed E-state index contributed by atoms with van der Waals surface area (Å²) < 4.78 is 25.4. The van der Waals surface area contributed by atoms with E-state index in [0.717, 1.165) is 11.3 Å². The van der Waals surface area contributed by atoms with Crippen molar-refractivity contribution in [2.75, 3.05) is 12.3 Å². The molecule has 1 rings (SSSR count). The first-order valence-electron chi connectivity index (χ1n) is 3.51. The van der Waals surface area contributed by atoms with Gasteiger partial charge in [-0.15, -0.1) is 17.9 Å². The highest BCUT2D eigenvalue weighted by molar-refractivity contribution is 7.91. The van der Waals surface area contributed by atoms with Crippen LogP contribution in [0.5, 0.6) is 0 Å². The molecule has 6 heteroatoms. The SMILES string of the molecule is C=CCNS(=O)(=O)c1cc(N)cs1. The summed E-state index contributed by atoms with van der Waals surface area (Å²) in [6.45, 7) is 3.64. The molecule has 13 heavy (non-hydrogen) atoms. The lowest BCUT2D eigenvalue weighted by Gasteiger charge is -1.99. The number of sulfonamides is 1. The van der Waals surface area contributed by atoms with Gasteiger partial charge in [-0.25, -0.2) is 13.1 Å². The Hall–Kier alpha value is -0.850. The van der Waals surface area contributed by atoms with Crippen molar-refractivity contribution in [3.8, 4) is 0 Å². The van der Waals surface area contributed by atoms with Crippen LogP contribution in [0.1, 0.15) is 0 Å². The van der Waals surface area contributed by atoms with Crippen LogP contribution in [0, 0.1) is 0 Å². The molecular weight excluding hydrogens is 208 g/mol. The number of anilines is 1. The molecule has 0 fully saturated rings. The molecule has 0 saturated heterocycles. The molecule has 0 unspecified atom stereocenters. The van der Waals surface area contributed by atoms with E-state index in [2.05, 4.69) is 11.3 Å². The third-order valence-corrected chi connectivity index (χ3v) is 4.16. The quantitative estimate of drug-likeness (QED) is 0.734. The molecule has 1 aromatic rings. The number of nitrogens with two attached hydrogens (primary N) is 1. The highest BCUT2D eigenvalue weighted by atomic mass is 32.2. The molecule has 72 valence electrons. The van der Waals surface area contributed by atoms with E-state index in [9.17, 15) is 8.42 Å². The van der Waals surface area contributed by atoms with Crippen molar-refractivity contribution in [1.82, 2.24) is 4.72 Å². The predicted molar refractivity (Wildman–Crippen MR) is 54.1 cm³/mol. The van der Waals surface area contributed by atoms with Crippen molar-refractivity contribution in [3.63, 3.8) is 0 Å². The maximum atomic E-state index is 11.4. The van der Waals surface area contributed by atoms with Crippen LogP contribution in [-0.4, -0.2) is 15.0 Å². The normalized spacial score (nSPS) is 11.4. The Labute approximate surface area is 81.1 Å². The molecule has 4 nitrogen and oxygen atoms in total. The summed E-state index contributed by atoms with van der Waals surface area (Å²) in [7, 11) is -3.38. The zero-order valence-corrected chi connectivity index (χ0v) is 8.49. The zero-order chi connectivity index (χ0) is 9.90. The third kappa shape index (κ3) is 2.55. The molecule has 0 aliphatic carbocycles. The van der Waals surface area contributed by atoms with Crippen LogP contribution in [0.15, 0.2) is 28.3 Å². The highest BCUT2D eigenvalue weighted by Gasteiger charge is 2.14. The van der Waals surface area contributed by atoms with Gasteiger partial charge in [-0.05, 0) is 6.07 Å². The zero-order valence-electron chi connectivity index (χ0n) is 6.86. The largest absolute Gasteiger partial charge is 0.398 e. The van der Waals surface area contributed by atoms with Crippen molar-refractivity contribution in [1.29, 1.82) is 0 Å².